The van der Waals surface area contributed by atoms with Crippen molar-refractivity contribution in [3.05, 3.63) is 35.4 Å². The molecule has 2 heteroatoms. The molecular formula is C15H20N2. The maximum absolute atomic E-state index is 8.96. The molecule has 0 unspecified atom stereocenters. The summed E-state index contributed by atoms with van der Waals surface area (Å²) in [5.74, 6) is 0. The van der Waals surface area contributed by atoms with E-state index in [2.05, 4.69) is 35.2 Å². The second kappa shape index (κ2) is 4.89. The Morgan fingerprint density at radius 2 is 1.82 bits per heavy atom. The fraction of sp³-hybridized carbons (Fsp3) is 0.533. The molecule has 1 aliphatic heterocycles. The Morgan fingerprint density at radius 3 is 2.35 bits per heavy atom. The molecule has 1 heterocycles. The van der Waals surface area contributed by atoms with Crippen molar-refractivity contribution < 1.29 is 0 Å². The standard InChI is InChI=1S/C15H20N2/c1-15(2,12-16)8-5-9-17-10-13-6-3-4-7-14(13)11-17/h3-4,6-7H,5,8-11H2,1-2H3. The van der Waals surface area contributed by atoms with Crippen LogP contribution in [0.2, 0.25) is 0 Å². The van der Waals surface area contributed by atoms with Crippen LogP contribution >= 0.6 is 0 Å². The van der Waals surface area contributed by atoms with Crippen molar-refractivity contribution >= 4 is 0 Å². The van der Waals surface area contributed by atoms with Crippen LogP contribution in [0.4, 0.5) is 0 Å². The molecule has 0 bridgehead atoms. The number of rotatable bonds is 4. The van der Waals surface area contributed by atoms with E-state index in [1.54, 1.807) is 0 Å². The minimum Gasteiger partial charge on any atom is -0.295 e. The topological polar surface area (TPSA) is 27.0 Å². The molecule has 1 aromatic rings. The summed E-state index contributed by atoms with van der Waals surface area (Å²) < 4.78 is 0. The number of nitriles is 1. The fourth-order valence-electron chi connectivity index (χ4n) is 2.36. The Labute approximate surface area is 104 Å². The van der Waals surface area contributed by atoms with Crippen LogP contribution in [-0.2, 0) is 13.1 Å². The molecule has 2 nitrogen and oxygen atoms in total. The van der Waals surface area contributed by atoms with Crippen molar-refractivity contribution in [2.75, 3.05) is 6.54 Å². The molecule has 0 amide bonds. The van der Waals surface area contributed by atoms with Crippen LogP contribution in [0.25, 0.3) is 0 Å². The molecule has 17 heavy (non-hydrogen) atoms. The molecule has 0 fully saturated rings. The lowest BCUT2D eigenvalue weighted by Gasteiger charge is -2.18. The molecule has 1 aromatic carbocycles. The molecule has 0 atom stereocenters. The number of fused-ring (bicyclic) bond motifs is 1. The third-order valence-corrected chi connectivity index (χ3v) is 3.49. The van der Waals surface area contributed by atoms with Gasteiger partial charge >= 0.3 is 0 Å². The van der Waals surface area contributed by atoms with Gasteiger partial charge in [-0.2, -0.15) is 5.26 Å². The Bertz CT molecular complexity index is 404. The Hall–Kier alpha value is -1.33. The molecule has 0 spiro atoms. The van der Waals surface area contributed by atoms with Crippen LogP contribution in [0, 0.1) is 16.7 Å². The molecule has 0 saturated carbocycles. The maximum atomic E-state index is 8.96. The molecular weight excluding hydrogens is 208 g/mol. The zero-order valence-electron chi connectivity index (χ0n) is 10.7. The highest BCUT2D eigenvalue weighted by molar-refractivity contribution is 5.30. The van der Waals surface area contributed by atoms with Gasteiger partial charge in [0.05, 0.1) is 11.5 Å². The van der Waals surface area contributed by atoms with Gasteiger partial charge in [-0.15, -0.1) is 0 Å². The summed E-state index contributed by atoms with van der Waals surface area (Å²) in [6.07, 6.45) is 2.09. The third kappa shape index (κ3) is 3.08. The summed E-state index contributed by atoms with van der Waals surface area (Å²) >= 11 is 0. The van der Waals surface area contributed by atoms with E-state index in [0.29, 0.717) is 0 Å². The van der Waals surface area contributed by atoms with E-state index in [0.717, 1.165) is 32.5 Å². The Morgan fingerprint density at radius 1 is 1.24 bits per heavy atom. The SMILES string of the molecule is CC(C)(C#N)CCCN1Cc2ccccc2C1. The van der Waals surface area contributed by atoms with Crippen molar-refractivity contribution in [3.63, 3.8) is 0 Å². The lowest BCUT2D eigenvalue weighted by Crippen LogP contribution is -2.19. The third-order valence-electron chi connectivity index (χ3n) is 3.49. The molecule has 0 N–H and O–H groups in total. The minimum absolute atomic E-state index is 0.174. The predicted molar refractivity (Wildman–Crippen MR) is 69.2 cm³/mol. The van der Waals surface area contributed by atoms with Crippen LogP contribution < -0.4 is 0 Å². The van der Waals surface area contributed by atoms with E-state index in [1.165, 1.54) is 11.1 Å². The zero-order valence-corrected chi connectivity index (χ0v) is 10.7. The second-order valence-electron chi connectivity index (χ2n) is 5.58. The van der Waals surface area contributed by atoms with Crippen LogP contribution in [0.5, 0.6) is 0 Å². The van der Waals surface area contributed by atoms with E-state index in [1.807, 2.05) is 13.8 Å². The van der Waals surface area contributed by atoms with E-state index < -0.39 is 0 Å². The number of hydrogen-bond donors (Lipinski definition) is 0. The monoisotopic (exact) mass is 228 g/mol. The normalized spacial score (nSPS) is 15.6. The first-order valence-electron chi connectivity index (χ1n) is 6.31. The zero-order chi connectivity index (χ0) is 12.3. The van der Waals surface area contributed by atoms with Crippen molar-refractivity contribution in [2.45, 2.75) is 39.8 Å². The first kappa shape index (κ1) is 12.1. The van der Waals surface area contributed by atoms with Crippen LogP contribution in [0.1, 0.15) is 37.8 Å². The summed E-state index contributed by atoms with van der Waals surface area (Å²) in [5.41, 5.74) is 2.76. The molecule has 0 aliphatic carbocycles. The lowest BCUT2D eigenvalue weighted by atomic mass is 9.90. The highest BCUT2D eigenvalue weighted by atomic mass is 15.1. The van der Waals surface area contributed by atoms with Gasteiger partial charge in [0.15, 0.2) is 0 Å². The molecule has 2 rings (SSSR count). The van der Waals surface area contributed by atoms with Gasteiger partial charge < -0.3 is 0 Å². The summed E-state index contributed by atoms with van der Waals surface area (Å²) in [6.45, 7) is 7.28. The largest absolute Gasteiger partial charge is 0.295 e. The first-order valence-corrected chi connectivity index (χ1v) is 6.31. The minimum atomic E-state index is -0.174. The van der Waals surface area contributed by atoms with E-state index >= 15 is 0 Å². The van der Waals surface area contributed by atoms with Gasteiger partial charge in [-0.25, -0.2) is 0 Å². The van der Waals surface area contributed by atoms with Gasteiger partial charge in [0, 0.05) is 13.1 Å². The number of hydrogen-bond acceptors (Lipinski definition) is 2. The Balaban J connectivity index is 1.80. The number of nitrogens with zero attached hydrogens (tertiary/aromatic N) is 2. The smallest absolute Gasteiger partial charge is 0.0683 e. The summed E-state index contributed by atoms with van der Waals surface area (Å²) in [6, 6.07) is 11.0. The average molecular weight is 228 g/mol. The Kier molecular flexibility index (Phi) is 3.49. The molecule has 0 radical (unpaired) electrons. The van der Waals surface area contributed by atoms with Crippen molar-refractivity contribution in [2.24, 2.45) is 5.41 Å². The number of benzene rings is 1. The van der Waals surface area contributed by atoms with Gasteiger partial charge in [0.1, 0.15) is 0 Å². The van der Waals surface area contributed by atoms with Gasteiger partial charge in [-0.3, -0.25) is 4.90 Å². The van der Waals surface area contributed by atoms with Crippen LogP contribution in [0.3, 0.4) is 0 Å². The quantitative estimate of drug-likeness (QED) is 0.790. The van der Waals surface area contributed by atoms with Crippen molar-refractivity contribution in [1.29, 1.82) is 5.26 Å². The van der Waals surface area contributed by atoms with Crippen LogP contribution in [-0.4, -0.2) is 11.4 Å². The van der Waals surface area contributed by atoms with E-state index in [4.69, 9.17) is 5.26 Å². The molecule has 0 aromatic heterocycles. The second-order valence-corrected chi connectivity index (χ2v) is 5.58. The van der Waals surface area contributed by atoms with Gasteiger partial charge in [-0.1, -0.05) is 24.3 Å². The lowest BCUT2D eigenvalue weighted by molar-refractivity contribution is 0.263. The predicted octanol–water partition coefficient (Wildman–Crippen LogP) is 3.33. The molecule has 90 valence electrons. The van der Waals surface area contributed by atoms with E-state index in [-0.39, 0.29) is 5.41 Å². The van der Waals surface area contributed by atoms with E-state index in [9.17, 15) is 0 Å². The molecule has 1 aliphatic rings. The summed E-state index contributed by atoms with van der Waals surface area (Å²) in [7, 11) is 0. The highest BCUT2D eigenvalue weighted by Gasteiger charge is 2.20. The van der Waals surface area contributed by atoms with Crippen LogP contribution in [0.15, 0.2) is 24.3 Å². The summed E-state index contributed by atoms with van der Waals surface area (Å²) in [5, 5.41) is 8.96. The van der Waals surface area contributed by atoms with Gasteiger partial charge in [-0.05, 0) is 44.4 Å². The fourth-order valence-corrected chi connectivity index (χ4v) is 2.36. The van der Waals surface area contributed by atoms with Crippen molar-refractivity contribution in [1.82, 2.24) is 4.90 Å². The van der Waals surface area contributed by atoms with Gasteiger partial charge in [0.2, 0.25) is 0 Å². The highest BCUT2D eigenvalue weighted by Crippen LogP contribution is 2.25. The van der Waals surface area contributed by atoms with Gasteiger partial charge in [0.25, 0.3) is 0 Å². The van der Waals surface area contributed by atoms with Crippen molar-refractivity contribution in [3.8, 4) is 6.07 Å². The average Bonchev–Trinajstić information content (AvgIpc) is 2.71. The molecule has 0 saturated heterocycles. The first-order chi connectivity index (χ1) is 8.11. The summed E-state index contributed by atoms with van der Waals surface area (Å²) in [4.78, 5) is 2.47. The maximum Gasteiger partial charge on any atom is 0.0683 e.